The van der Waals surface area contributed by atoms with Gasteiger partial charge in [-0.2, -0.15) is 0 Å². The highest BCUT2D eigenvalue weighted by Gasteiger charge is 2.30. The van der Waals surface area contributed by atoms with Gasteiger partial charge in [-0.3, -0.25) is 9.59 Å². The second kappa shape index (κ2) is 8.28. The first kappa shape index (κ1) is 17.0. The van der Waals surface area contributed by atoms with Crippen molar-refractivity contribution in [1.82, 2.24) is 10.2 Å². The van der Waals surface area contributed by atoms with E-state index in [0.717, 1.165) is 45.2 Å². The Bertz CT molecular complexity index is 322. The molecule has 1 saturated heterocycles. The number of hydrogen-bond acceptors (Lipinski definition) is 2. The summed E-state index contributed by atoms with van der Waals surface area (Å²) in [5, 5.41) is 2.97. The average molecular weight is 282 g/mol. The van der Waals surface area contributed by atoms with Crippen LogP contribution in [0.4, 0.5) is 0 Å². The zero-order valence-corrected chi connectivity index (χ0v) is 13.4. The minimum absolute atomic E-state index is 0.0115. The molecule has 0 radical (unpaired) electrons. The summed E-state index contributed by atoms with van der Waals surface area (Å²) in [5.74, 6) is 0.228. The Kier molecular flexibility index (Phi) is 7.03. The van der Waals surface area contributed by atoms with Crippen molar-refractivity contribution in [2.24, 2.45) is 11.8 Å². The van der Waals surface area contributed by atoms with Crippen LogP contribution in [0, 0.1) is 11.8 Å². The monoisotopic (exact) mass is 282 g/mol. The normalized spacial score (nSPS) is 18.1. The number of unbranched alkanes of at least 4 members (excludes halogenated alkanes) is 1. The Hall–Kier alpha value is -1.06. The van der Waals surface area contributed by atoms with Gasteiger partial charge in [0.25, 0.3) is 0 Å². The number of nitrogens with one attached hydrogen (secondary N) is 1. The SMILES string of the molecule is CCCCC(C)C(=O)NC(C(=O)N1CCCC1)C(C)C. The van der Waals surface area contributed by atoms with Crippen LogP contribution in [-0.2, 0) is 9.59 Å². The van der Waals surface area contributed by atoms with E-state index in [-0.39, 0.29) is 29.7 Å². The minimum Gasteiger partial charge on any atom is -0.344 e. The molecule has 0 bridgehead atoms. The largest absolute Gasteiger partial charge is 0.344 e. The molecule has 116 valence electrons. The van der Waals surface area contributed by atoms with E-state index in [0.29, 0.717) is 0 Å². The van der Waals surface area contributed by atoms with Crippen LogP contribution in [0.15, 0.2) is 0 Å². The predicted molar refractivity (Wildman–Crippen MR) is 81.3 cm³/mol. The van der Waals surface area contributed by atoms with Crippen molar-refractivity contribution in [3.8, 4) is 0 Å². The smallest absolute Gasteiger partial charge is 0.245 e. The van der Waals surface area contributed by atoms with Gasteiger partial charge in [-0.15, -0.1) is 0 Å². The third-order valence-corrected chi connectivity index (χ3v) is 4.09. The van der Waals surface area contributed by atoms with E-state index in [1.165, 1.54) is 0 Å². The first-order valence-corrected chi connectivity index (χ1v) is 8.06. The quantitative estimate of drug-likeness (QED) is 0.780. The van der Waals surface area contributed by atoms with Gasteiger partial charge in [0, 0.05) is 19.0 Å². The first-order chi connectivity index (χ1) is 9.47. The maximum Gasteiger partial charge on any atom is 0.245 e. The summed E-state index contributed by atoms with van der Waals surface area (Å²) < 4.78 is 0. The van der Waals surface area contributed by atoms with E-state index in [9.17, 15) is 9.59 Å². The van der Waals surface area contributed by atoms with Crippen LogP contribution >= 0.6 is 0 Å². The molecule has 0 spiro atoms. The molecule has 2 atom stereocenters. The van der Waals surface area contributed by atoms with Crippen molar-refractivity contribution >= 4 is 11.8 Å². The van der Waals surface area contributed by atoms with E-state index >= 15 is 0 Å². The molecule has 0 aromatic rings. The summed E-state index contributed by atoms with van der Waals surface area (Å²) in [4.78, 5) is 26.6. The predicted octanol–water partition coefficient (Wildman–Crippen LogP) is 2.58. The third kappa shape index (κ3) is 4.80. The van der Waals surface area contributed by atoms with Crippen molar-refractivity contribution < 1.29 is 9.59 Å². The molecule has 2 unspecified atom stereocenters. The lowest BCUT2D eigenvalue weighted by Crippen LogP contribution is -2.51. The summed E-state index contributed by atoms with van der Waals surface area (Å²) in [5.41, 5.74) is 0. The molecule has 4 heteroatoms. The highest BCUT2D eigenvalue weighted by atomic mass is 16.2. The molecular weight excluding hydrogens is 252 g/mol. The third-order valence-electron chi connectivity index (χ3n) is 4.09. The van der Waals surface area contributed by atoms with Gasteiger partial charge in [0.1, 0.15) is 6.04 Å². The van der Waals surface area contributed by atoms with Crippen LogP contribution in [0.5, 0.6) is 0 Å². The van der Waals surface area contributed by atoms with Crippen molar-refractivity contribution in [2.75, 3.05) is 13.1 Å². The number of hydrogen-bond donors (Lipinski definition) is 1. The molecule has 1 fully saturated rings. The molecule has 0 aliphatic carbocycles. The van der Waals surface area contributed by atoms with Crippen LogP contribution in [0.25, 0.3) is 0 Å². The summed E-state index contributed by atoms with van der Waals surface area (Å²) in [6.45, 7) is 9.74. The number of carbonyl (C=O) groups excluding carboxylic acids is 2. The zero-order valence-electron chi connectivity index (χ0n) is 13.4. The summed E-state index contributed by atoms with van der Waals surface area (Å²) >= 11 is 0. The van der Waals surface area contributed by atoms with E-state index in [1.54, 1.807) is 0 Å². The Morgan fingerprint density at radius 2 is 1.75 bits per heavy atom. The average Bonchev–Trinajstić information content (AvgIpc) is 2.94. The minimum atomic E-state index is -0.371. The van der Waals surface area contributed by atoms with Gasteiger partial charge in [-0.05, 0) is 25.2 Å². The van der Waals surface area contributed by atoms with Crippen LogP contribution in [0.1, 0.15) is 59.8 Å². The summed E-state index contributed by atoms with van der Waals surface area (Å²) in [6.07, 6.45) is 5.21. The molecule has 1 rings (SSSR count). The lowest BCUT2D eigenvalue weighted by molar-refractivity contribution is -0.137. The Morgan fingerprint density at radius 1 is 1.15 bits per heavy atom. The second-order valence-corrected chi connectivity index (χ2v) is 6.31. The topological polar surface area (TPSA) is 49.4 Å². The molecule has 2 amide bonds. The molecule has 1 N–H and O–H groups in total. The first-order valence-electron chi connectivity index (χ1n) is 8.06. The fraction of sp³-hybridized carbons (Fsp3) is 0.875. The lowest BCUT2D eigenvalue weighted by atomic mass is 9.99. The summed E-state index contributed by atoms with van der Waals surface area (Å²) in [7, 11) is 0. The van der Waals surface area contributed by atoms with Crippen LogP contribution in [0.3, 0.4) is 0 Å². The highest BCUT2D eigenvalue weighted by Crippen LogP contribution is 2.14. The summed E-state index contributed by atoms with van der Waals surface area (Å²) in [6, 6.07) is -0.371. The van der Waals surface area contributed by atoms with Gasteiger partial charge in [0.15, 0.2) is 0 Å². The van der Waals surface area contributed by atoms with E-state index < -0.39 is 0 Å². The van der Waals surface area contributed by atoms with Gasteiger partial charge in [-0.25, -0.2) is 0 Å². The van der Waals surface area contributed by atoms with Gasteiger partial charge >= 0.3 is 0 Å². The Morgan fingerprint density at radius 3 is 2.25 bits per heavy atom. The maximum atomic E-state index is 12.5. The standard InChI is InChI=1S/C16H30N2O2/c1-5-6-9-13(4)15(19)17-14(12(2)3)16(20)18-10-7-8-11-18/h12-14H,5-11H2,1-4H3,(H,17,19). The fourth-order valence-corrected chi connectivity index (χ4v) is 2.58. The van der Waals surface area contributed by atoms with Crippen LogP contribution in [0.2, 0.25) is 0 Å². The van der Waals surface area contributed by atoms with Gasteiger partial charge < -0.3 is 10.2 Å². The van der Waals surface area contributed by atoms with E-state index in [1.807, 2.05) is 25.7 Å². The maximum absolute atomic E-state index is 12.5. The van der Waals surface area contributed by atoms with E-state index in [2.05, 4.69) is 12.2 Å². The molecule has 20 heavy (non-hydrogen) atoms. The van der Waals surface area contributed by atoms with Gasteiger partial charge in [0.05, 0.1) is 0 Å². The Labute approximate surface area is 123 Å². The van der Waals surface area contributed by atoms with Crippen molar-refractivity contribution in [3.63, 3.8) is 0 Å². The van der Waals surface area contributed by atoms with Gasteiger partial charge in [0.2, 0.25) is 11.8 Å². The number of nitrogens with zero attached hydrogens (tertiary/aromatic N) is 1. The fourth-order valence-electron chi connectivity index (χ4n) is 2.58. The van der Waals surface area contributed by atoms with E-state index in [4.69, 9.17) is 0 Å². The lowest BCUT2D eigenvalue weighted by Gasteiger charge is -2.27. The molecule has 1 heterocycles. The van der Waals surface area contributed by atoms with Gasteiger partial charge in [-0.1, -0.05) is 40.5 Å². The van der Waals surface area contributed by atoms with Crippen molar-refractivity contribution in [3.05, 3.63) is 0 Å². The zero-order chi connectivity index (χ0) is 15.1. The number of likely N-dealkylation sites (tertiary alicyclic amines) is 1. The molecule has 0 aromatic carbocycles. The molecule has 0 aromatic heterocycles. The second-order valence-electron chi connectivity index (χ2n) is 6.31. The van der Waals surface area contributed by atoms with Crippen molar-refractivity contribution in [2.45, 2.75) is 65.8 Å². The number of amides is 2. The molecule has 1 aliphatic heterocycles. The van der Waals surface area contributed by atoms with Crippen LogP contribution in [-0.4, -0.2) is 35.8 Å². The number of rotatable bonds is 7. The molecular formula is C16H30N2O2. The van der Waals surface area contributed by atoms with Crippen molar-refractivity contribution in [1.29, 1.82) is 0 Å². The van der Waals surface area contributed by atoms with Crippen LogP contribution < -0.4 is 5.32 Å². The number of carbonyl (C=O) groups is 2. The Balaban J connectivity index is 2.57. The molecule has 4 nitrogen and oxygen atoms in total. The molecule has 1 aliphatic rings. The molecule has 0 saturated carbocycles. The highest BCUT2D eigenvalue weighted by molar-refractivity contribution is 5.88.